The van der Waals surface area contributed by atoms with E-state index < -0.39 is 0 Å². The van der Waals surface area contributed by atoms with E-state index in [9.17, 15) is 0 Å². The van der Waals surface area contributed by atoms with Crippen molar-refractivity contribution in [2.24, 2.45) is 7.05 Å². The van der Waals surface area contributed by atoms with E-state index >= 15 is 0 Å². The summed E-state index contributed by atoms with van der Waals surface area (Å²) in [5.74, 6) is 1.92. The second kappa shape index (κ2) is 5.21. The zero-order chi connectivity index (χ0) is 11.5. The zero-order valence-electron chi connectivity index (χ0n) is 9.11. The van der Waals surface area contributed by atoms with Gasteiger partial charge in [-0.05, 0) is 12.1 Å². The van der Waals surface area contributed by atoms with Gasteiger partial charge in [-0.25, -0.2) is 0 Å². The molecule has 0 aliphatic heterocycles. The van der Waals surface area contributed by atoms with E-state index in [1.165, 1.54) is 4.88 Å². The fraction of sp³-hybridized carbons (Fsp3) is 0.400. The topological polar surface area (TPSA) is 30.7 Å². The molecule has 3 nitrogen and oxygen atoms in total. The van der Waals surface area contributed by atoms with Gasteiger partial charge in [0.05, 0.1) is 4.34 Å². The van der Waals surface area contributed by atoms with Crippen LogP contribution in [0, 0.1) is 0 Å². The molecule has 0 fully saturated rings. The molecule has 16 heavy (non-hydrogen) atoms. The molecule has 0 amide bonds. The Morgan fingerprint density at radius 2 is 2.25 bits per heavy atom. The summed E-state index contributed by atoms with van der Waals surface area (Å²) < 4.78 is 2.88. The van der Waals surface area contributed by atoms with Crippen LogP contribution in [0.1, 0.15) is 17.6 Å². The fourth-order valence-electron chi connectivity index (χ4n) is 1.34. The molecule has 0 saturated heterocycles. The highest BCUT2D eigenvalue weighted by molar-refractivity contribution is 7.98. The van der Waals surface area contributed by atoms with Crippen LogP contribution in [0.15, 0.2) is 17.3 Å². The molecule has 2 heterocycles. The van der Waals surface area contributed by atoms with Crippen molar-refractivity contribution in [2.75, 3.05) is 0 Å². The van der Waals surface area contributed by atoms with Crippen LogP contribution in [0.4, 0.5) is 0 Å². The summed E-state index contributed by atoms with van der Waals surface area (Å²) in [6, 6.07) is 3.98. The van der Waals surface area contributed by atoms with Gasteiger partial charge >= 0.3 is 0 Å². The summed E-state index contributed by atoms with van der Waals surface area (Å²) in [5, 5.41) is 9.24. The number of nitrogens with zero attached hydrogens (tertiary/aromatic N) is 3. The van der Waals surface area contributed by atoms with Gasteiger partial charge in [0.15, 0.2) is 5.16 Å². The highest BCUT2D eigenvalue weighted by atomic mass is 35.5. The first-order valence-electron chi connectivity index (χ1n) is 4.96. The first kappa shape index (κ1) is 12.0. The van der Waals surface area contributed by atoms with E-state index in [2.05, 4.69) is 23.2 Å². The Morgan fingerprint density at radius 3 is 2.81 bits per heavy atom. The number of thioether (sulfide) groups is 1. The summed E-state index contributed by atoms with van der Waals surface area (Å²) >= 11 is 9.18. The van der Waals surface area contributed by atoms with Gasteiger partial charge in [0.25, 0.3) is 0 Å². The van der Waals surface area contributed by atoms with Crippen molar-refractivity contribution >= 4 is 34.7 Å². The van der Waals surface area contributed by atoms with Crippen molar-refractivity contribution in [1.82, 2.24) is 14.8 Å². The number of thiophene rings is 1. The Morgan fingerprint density at radius 1 is 1.44 bits per heavy atom. The molecule has 0 saturated carbocycles. The van der Waals surface area contributed by atoms with Crippen molar-refractivity contribution in [1.29, 1.82) is 0 Å². The standard InChI is InChI=1S/C10H12ClN3S2/c1-3-9-12-13-10(14(9)2)15-6-7-4-5-8(11)16-7/h4-5H,3,6H2,1-2H3. The Labute approximate surface area is 108 Å². The summed E-state index contributed by atoms with van der Waals surface area (Å²) in [6.45, 7) is 2.08. The molecule has 0 spiro atoms. The van der Waals surface area contributed by atoms with Crippen molar-refractivity contribution in [3.63, 3.8) is 0 Å². The normalized spacial score (nSPS) is 10.9. The lowest BCUT2D eigenvalue weighted by molar-refractivity contribution is 0.742. The Balaban J connectivity index is 2.02. The monoisotopic (exact) mass is 273 g/mol. The highest BCUT2D eigenvalue weighted by Gasteiger charge is 2.08. The molecule has 0 aliphatic carbocycles. The number of hydrogen-bond acceptors (Lipinski definition) is 4. The van der Waals surface area contributed by atoms with E-state index in [1.54, 1.807) is 23.1 Å². The van der Waals surface area contributed by atoms with Crippen molar-refractivity contribution in [3.8, 4) is 0 Å². The second-order valence-electron chi connectivity index (χ2n) is 3.31. The SMILES string of the molecule is CCc1nnc(SCc2ccc(Cl)s2)n1C. The molecule has 0 atom stereocenters. The van der Waals surface area contributed by atoms with Crippen LogP contribution >= 0.6 is 34.7 Å². The van der Waals surface area contributed by atoms with E-state index in [-0.39, 0.29) is 0 Å². The van der Waals surface area contributed by atoms with Gasteiger partial charge in [-0.2, -0.15) is 0 Å². The van der Waals surface area contributed by atoms with Gasteiger partial charge in [-0.3, -0.25) is 0 Å². The van der Waals surface area contributed by atoms with E-state index in [0.29, 0.717) is 0 Å². The van der Waals surface area contributed by atoms with Crippen molar-refractivity contribution in [3.05, 3.63) is 27.2 Å². The molecule has 0 radical (unpaired) electrons. The predicted molar refractivity (Wildman–Crippen MR) is 69.3 cm³/mol. The minimum absolute atomic E-state index is 0.836. The molecule has 0 N–H and O–H groups in total. The van der Waals surface area contributed by atoms with Crippen LogP contribution in [-0.2, 0) is 19.2 Å². The summed E-state index contributed by atoms with van der Waals surface area (Å²) in [7, 11) is 2.00. The maximum Gasteiger partial charge on any atom is 0.191 e. The van der Waals surface area contributed by atoms with Gasteiger partial charge in [0.2, 0.25) is 0 Å². The van der Waals surface area contributed by atoms with Gasteiger partial charge in [-0.15, -0.1) is 21.5 Å². The van der Waals surface area contributed by atoms with Crippen LogP contribution in [0.3, 0.4) is 0 Å². The molecule has 0 aliphatic rings. The third kappa shape index (κ3) is 2.59. The maximum absolute atomic E-state index is 5.88. The maximum atomic E-state index is 5.88. The Kier molecular flexibility index (Phi) is 3.89. The zero-order valence-corrected chi connectivity index (χ0v) is 11.5. The average molecular weight is 274 g/mol. The summed E-state index contributed by atoms with van der Waals surface area (Å²) in [5.41, 5.74) is 0. The van der Waals surface area contributed by atoms with Crippen LogP contribution in [0.2, 0.25) is 4.34 Å². The Hall–Kier alpha value is -0.520. The number of aromatic nitrogens is 3. The fourth-order valence-corrected chi connectivity index (χ4v) is 3.40. The molecule has 2 aromatic heterocycles. The van der Waals surface area contributed by atoms with Crippen LogP contribution < -0.4 is 0 Å². The first-order chi connectivity index (χ1) is 7.70. The smallest absolute Gasteiger partial charge is 0.191 e. The molecule has 86 valence electrons. The lowest BCUT2D eigenvalue weighted by Crippen LogP contribution is -1.96. The van der Waals surface area contributed by atoms with E-state index in [4.69, 9.17) is 11.6 Å². The largest absolute Gasteiger partial charge is 0.309 e. The number of aryl methyl sites for hydroxylation is 1. The first-order valence-corrected chi connectivity index (χ1v) is 7.14. The highest BCUT2D eigenvalue weighted by Crippen LogP contribution is 2.28. The lowest BCUT2D eigenvalue weighted by atomic mass is 10.5. The quantitative estimate of drug-likeness (QED) is 0.800. The van der Waals surface area contributed by atoms with Crippen LogP contribution in [-0.4, -0.2) is 14.8 Å². The molecular formula is C10H12ClN3S2. The molecule has 6 heteroatoms. The predicted octanol–water partition coefficient (Wildman–Crippen LogP) is 3.38. The number of hydrogen-bond donors (Lipinski definition) is 0. The third-order valence-electron chi connectivity index (χ3n) is 2.21. The van der Waals surface area contributed by atoms with Gasteiger partial charge in [-0.1, -0.05) is 30.3 Å². The second-order valence-corrected chi connectivity index (χ2v) is 6.05. The average Bonchev–Trinajstić information content (AvgIpc) is 2.83. The molecular weight excluding hydrogens is 262 g/mol. The van der Waals surface area contributed by atoms with E-state index in [0.717, 1.165) is 27.5 Å². The van der Waals surface area contributed by atoms with Gasteiger partial charge in [0.1, 0.15) is 5.82 Å². The van der Waals surface area contributed by atoms with Crippen LogP contribution in [0.25, 0.3) is 0 Å². The molecule has 2 rings (SSSR count). The van der Waals surface area contributed by atoms with Crippen molar-refractivity contribution in [2.45, 2.75) is 24.3 Å². The third-order valence-corrected chi connectivity index (χ3v) is 4.70. The van der Waals surface area contributed by atoms with Gasteiger partial charge in [0, 0.05) is 24.1 Å². The Bertz CT molecular complexity index is 478. The summed E-state index contributed by atoms with van der Waals surface area (Å²) in [4.78, 5) is 1.26. The number of halogens is 1. The van der Waals surface area contributed by atoms with E-state index in [1.807, 2.05) is 17.7 Å². The van der Waals surface area contributed by atoms with Gasteiger partial charge < -0.3 is 4.57 Å². The number of rotatable bonds is 4. The molecule has 0 bridgehead atoms. The summed E-state index contributed by atoms with van der Waals surface area (Å²) in [6.07, 6.45) is 0.912. The van der Waals surface area contributed by atoms with Crippen LogP contribution in [0.5, 0.6) is 0 Å². The molecule has 0 aromatic carbocycles. The van der Waals surface area contributed by atoms with Crippen molar-refractivity contribution < 1.29 is 0 Å². The molecule has 2 aromatic rings. The molecule has 0 unspecified atom stereocenters. The minimum Gasteiger partial charge on any atom is -0.309 e. The lowest BCUT2D eigenvalue weighted by Gasteiger charge is -2.00. The minimum atomic E-state index is 0.836.